The summed E-state index contributed by atoms with van der Waals surface area (Å²) in [7, 11) is 0. The number of hydrogen-bond acceptors (Lipinski definition) is 7. The Balaban J connectivity index is 2.54. The molecule has 0 aliphatic carbocycles. The quantitative estimate of drug-likeness (QED) is 0.468. The molecule has 1 amide bonds. The predicted molar refractivity (Wildman–Crippen MR) is 98.1 cm³/mol. The zero-order valence-corrected chi connectivity index (χ0v) is 15.6. The molecule has 2 heterocycles. The molecule has 2 aromatic heterocycles. The molecule has 0 spiro atoms. The van der Waals surface area contributed by atoms with E-state index >= 15 is 0 Å². The van der Waals surface area contributed by atoms with Gasteiger partial charge >= 0.3 is 0 Å². The van der Waals surface area contributed by atoms with Crippen molar-refractivity contribution in [2.75, 3.05) is 0 Å². The van der Waals surface area contributed by atoms with Crippen LogP contribution < -0.4 is 5.73 Å². The fourth-order valence-electron chi connectivity index (χ4n) is 2.30. The first kappa shape index (κ1) is 16.0. The third-order valence-corrected chi connectivity index (χ3v) is 6.58. The first-order chi connectivity index (χ1) is 10.3. The summed E-state index contributed by atoms with van der Waals surface area (Å²) < 4.78 is 6.77. The van der Waals surface area contributed by atoms with Gasteiger partial charge < -0.3 is 10.2 Å². The second kappa shape index (κ2) is 5.67. The fraction of sp³-hybridized carbons (Fsp3) is 0.286. The highest BCUT2D eigenvalue weighted by Gasteiger charge is 2.25. The number of carbonyl (C=O) groups excluding carboxylic acids is 1. The molecule has 3 rings (SSSR count). The Labute approximate surface area is 146 Å². The Bertz CT molecular complexity index is 911. The molecule has 0 fully saturated rings. The average molecular weight is 371 g/mol. The van der Waals surface area contributed by atoms with E-state index in [1.165, 1.54) is 11.3 Å². The summed E-state index contributed by atoms with van der Waals surface area (Å²) >= 11 is 12.1. The van der Waals surface area contributed by atoms with E-state index in [2.05, 4.69) is 44.1 Å². The third-order valence-electron chi connectivity index (χ3n) is 3.09. The van der Waals surface area contributed by atoms with Gasteiger partial charge in [-0.2, -0.15) is 0 Å². The Hall–Kier alpha value is -0.830. The van der Waals surface area contributed by atoms with Gasteiger partial charge in [0.15, 0.2) is 11.5 Å². The van der Waals surface area contributed by atoms with E-state index in [9.17, 15) is 4.79 Å². The molecule has 22 heavy (non-hydrogen) atoms. The van der Waals surface area contributed by atoms with Gasteiger partial charge in [-0.25, -0.2) is 4.98 Å². The average Bonchev–Trinajstić information content (AvgIpc) is 2.96. The Morgan fingerprint density at radius 3 is 2.59 bits per heavy atom. The van der Waals surface area contributed by atoms with Crippen molar-refractivity contribution in [2.45, 2.75) is 40.0 Å². The highest BCUT2D eigenvalue weighted by Crippen LogP contribution is 2.48. The Kier molecular flexibility index (Phi) is 4.13. The number of thiol groups is 2. The lowest BCUT2D eigenvalue weighted by molar-refractivity contribution is 0.101. The maximum atomic E-state index is 11.8. The number of aryl methyl sites for hydroxylation is 1. The third kappa shape index (κ3) is 2.42. The molecule has 3 aromatic rings. The van der Waals surface area contributed by atoms with Crippen LogP contribution in [0.1, 0.15) is 29.4 Å². The molecule has 0 aliphatic rings. The number of carbonyl (C=O) groups is 1. The lowest BCUT2D eigenvalue weighted by Crippen LogP contribution is -2.09. The van der Waals surface area contributed by atoms with Crippen LogP contribution in [0.25, 0.3) is 21.9 Å². The zero-order chi connectivity index (χ0) is 16.2. The SMILES string of the molecule is Cc1nc2c(S)c(S)c3c(C(N)=O)sc(SC(C)C)c3c2o1. The number of rotatable bonds is 3. The summed E-state index contributed by atoms with van der Waals surface area (Å²) in [6.07, 6.45) is 0. The number of oxazole rings is 1. The molecule has 0 unspecified atom stereocenters. The maximum absolute atomic E-state index is 11.8. The van der Waals surface area contributed by atoms with Crippen molar-refractivity contribution in [3.05, 3.63) is 10.8 Å². The van der Waals surface area contributed by atoms with Crippen LogP contribution in [-0.4, -0.2) is 16.1 Å². The minimum atomic E-state index is -0.468. The predicted octanol–water partition coefficient (Wildman–Crippen LogP) is 4.53. The topological polar surface area (TPSA) is 69.1 Å². The van der Waals surface area contributed by atoms with E-state index in [-0.39, 0.29) is 0 Å². The molecule has 1 aromatic carbocycles. The molecule has 0 atom stereocenters. The van der Waals surface area contributed by atoms with Crippen molar-refractivity contribution in [1.29, 1.82) is 0 Å². The highest BCUT2D eigenvalue weighted by molar-refractivity contribution is 8.02. The van der Waals surface area contributed by atoms with Gasteiger partial charge in [-0.3, -0.25) is 4.79 Å². The monoisotopic (exact) mass is 370 g/mol. The maximum Gasteiger partial charge on any atom is 0.259 e. The summed E-state index contributed by atoms with van der Waals surface area (Å²) in [6.45, 7) is 5.98. The number of thiophene rings is 1. The fourth-order valence-corrected chi connectivity index (χ4v) is 5.62. The largest absolute Gasteiger partial charge is 0.440 e. The highest BCUT2D eigenvalue weighted by atomic mass is 32.2. The van der Waals surface area contributed by atoms with Crippen molar-refractivity contribution >= 4 is 76.1 Å². The number of primary amides is 1. The number of aromatic nitrogens is 1. The van der Waals surface area contributed by atoms with E-state index in [0.29, 0.717) is 42.3 Å². The molecule has 0 radical (unpaired) electrons. The molecule has 0 saturated heterocycles. The van der Waals surface area contributed by atoms with E-state index in [4.69, 9.17) is 10.2 Å². The van der Waals surface area contributed by atoms with Crippen molar-refractivity contribution < 1.29 is 9.21 Å². The Morgan fingerprint density at radius 2 is 2.00 bits per heavy atom. The van der Waals surface area contributed by atoms with Crippen LogP contribution in [0.15, 0.2) is 18.4 Å². The van der Waals surface area contributed by atoms with Crippen LogP contribution >= 0.6 is 48.4 Å². The number of nitrogens with zero attached hydrogens (tertiary/aromatic N) is 1. The first-order valence-electron chi connectivity index (χ1n) is 6.55. The molecular weight excluding hydrogens is 356 g/mol. The van der Waals surface area contributed by atoms with E-state index in [0.717, 1.165) is 9.60 Å². The summed E-state index contributed by atoms with van der Waals surface area (Å²) in [4.78, 5) is 17.9. The van der Waals surface area contributed by atoms with Crippen LogP contribution in [0.5, 0.6) is 0 Å². The van der Waals surface area contributed by atoms with E-state index in [1.807, 2.05) is 0 Å². The molecule has 0 saturated carbocycles. The minimum Gasteiger partial charge on any atom is -0.440 e. The number of nitrogens with two attached hydrogens (primary N) is 1. The first-order valence-corrected chi connectivity index (χ1v) is 9.14. The van der Waals surface area contributed by atoms with Gasteiger partial charge in [0.1, 0.15) is 10.4 Å². The number of benzene rings is 1. The lowest BCUT2D eigenvalue weighted by Gasteiger charge is -2.05. The van der Waals surface area contributed by atoms with Gasteiger partial charge in [0.2, 0.25) is 0 Å². The smallest absolute Gasteiger partial charge is 0.259 e. The minimum absolute atomic E-state index is 0.362. The molecule has 0 aliphatic heterocycles. The standard InChI is InChI=1S/C14H14N2O2S4/c1-4(2)21-14-6-7(12(22-14)13(15)17)10(19)11(20)8-9(6)18-5(3)16-8/h4,19-20H,1-3H3,(H2,15,17). The van der Waals surface area contributed by atoms with Crippen molar-refractivity contribution in [2.24, 2.45) is 5.73 Å². The number of fused-ring (bicyclic) bond motifs is 3. The second-order valence-electron chi connectivity index (χ2n) is 5.11. The molecule has 8 heteroatoms. The number of hydrogen-bond donors (Lipinski definition) is 3. The van der Waals surface area contributed by atoms with Crippen LogP contribution in [0.2, 0.25) is 0 Å². The number of amides is 1. The molecule has 116 valence electrons. The van der Waals surface area contributed by atoms with E-state index in [1.54, 1.807) is 18.7 Å². The Morgan fingerprint density at radius 1 is 1.32 bits per heavy atom. The van der Waals surface area contributed by atoms with Crippen molar-refractivity contribution in [1.82, 2.24) is 4.98 Å². The second-order valence-corrected chi connectivity index (χ2v) is 8.87. The van der Waals surface area contributed by atoms with E-state index < -0.39 is 5.91 Å². The lowest BCUT2D eigenvalue weighted by atomic mass is 10.1. The molecular formula is C14H14N2O2S4. The molecule has 4 nitrogen and oxygen atoms in total. The molecule has 2 N–H and O–H groups in total. The normalized spacial score (nSPS) is 11.9. The van der Waals surface area contributed by atoms with Crippen molar-refractivity contribution in [3.63, 3.8) is 0 Å². The summed E-state index contributed by atoms with van der Waals surface area (Å²) in [5.41, 5.74) is 6.85. The van der Waals surface area contributed by atoms with Gasteiger partial charge in [0.05, 0.1) is 9.60 Å². The molecule has 0 bridgehead atoms. The summed E-state index contributed by atoms with van der Waals surface area (Å²) in [5.74, 6) is 0.0853. The van der Waals surface area contributed by atoms with Gasteiger partial charge in [-0.05, 0) is 0 Å². The number of thioether (sulfide) groups is 1. The van der Waals surface area contributed by atoms with Crippen LogP contribution in [0.3, 0.4) is 0 Å². The summed E-state index contributed by atoms with van der Waals surface area (Å²) in [5, 5.41) is 1.93. The zero-order valence-electron chi connectivity index (χ0n) is 12.1. The van der Waals surface area contributed by atoms with Crippen LogP contribution in [-0.2, 0) is 0 Å². The van der Waals surface area contributed by atoms with Crippen LogP contribution in [0.4, 0.5) is 0 Å². The summed E-state index contributed by atoms with van der Waals surface area (Å²) in [6, 6.07) is 0. The van der Waals surface area contributed by atoms with Gasteiger partial charge in [0.25, 0.3) is 5.91 Å². The van der Waals surface area contributed by atoms with Crippen molar-refractivity contribution in [3.8, 4) is 0 Å². The van der Waals surface area contributed by atoms with Gasteiger partial charge in [0, 0.05) is 27.4 Å². The van der Waals surface area contributed by atoms with Gasteiger partial charge in [-0.15, -0.1) is 48.4 Å². The van der Waals surface area contributed by atoms with Crippen LogP contribution in [0, 0.1) is 6.92 Å². The van der Waals surface area contributed by atoms with Gasteiger partial charge in [-0.1, -0.05) is 13.8 Å².